The summed E-state index contributed by atoms with van der Waals surface area (Å²) >= 11 is 0. The third kappa shape index (κ3) is 4.00. The van der Waals surface area contributed by atoms with E-state index in [1.165, 1.54) is 24.3 Å². The molecule has 0 radical (unpaired) electrons. The molecule has 0 aromatic heterocycles. The van der Waals surface area contributed by atoms with Gasteiger partial charge in [-0.1, -0.05) is 6.92 Å². The number of carboxylic acids is 1. The number of halogens is 1. The number of aromatic carboxylic acids is 1. The molecule has 0 saturated heterocycles. The molecule has 6 heteroatoms. The number of anilines is 1. The first-order valence-electron chi connectivity index (χ1n) is 8.78. The van der Waals surface area contributed by atoms with Gasteiger partial charge in [-0.2, -0.15) is 0 Å². The number of benzene rings is 2. The molecule has 1 aliphatic rings. The summed E-state index contributed by atoms with van der Waals surface area (Å²) in [4.78, 5) is 23.2. The summed E-state index contributed by atoms with van der Waals surface area (Å²) < 4.78 is 13.7. The molecule has 27 heavy (non-hydrogen) atoms. The van der Waals surface area contributed by atoms with Crippen LogP contribution in [0.5, 0.6) is 5.75 Å². The first kappa shape index (κ1) is 18.6. The maximum Gasteiger partial charge on any atom is 0.335 e. The largest absolute Gasteiger partial charge is 0.507 e. The molecule has 0 fully saturated rings. The van der Waals surface area contributed by atoms with E-state index in [-0.39, 0.29) is 23.6 Å². The van der Waals surface area contributed by atoms with Crippen LogP contribution < -0.4 is 5.32 Å². The third-order valence-corrected chi connectivity index (χ3v) is 4.63. The van der Waals surface area contributed by atoms with Crippen LogP contribution in [0.25, 0.3) is 11.1 Å². The second kappa shape index (κ2) is 7.61. The molecule has 2 aromatic rings. The summed E-state index contributed by atoms with van der Waals surface area (Å²) in [5.41, 5.74) is 3.17. The number of allylic oxidation sites excluding steroid dienone is 2. The predicted molar refractivity (Wildman–Crippen MR) is 101 cm³/mol. The minimum atomic E-state index is -1.10. The Morgan fingerprint density at radius 1 is 1.11 bits per heavy atom. The number of hydrogen-bond donors (Lipinski definition) is 3. The molecule has 0 aliphatic heterocycles. The zero-order valence-corrected chi connectivity index (χ0v) is 14.9. The minimum Gasteiger partial charge on any atom is -0.507 e. The van der Waals surface area contributed by atoms with Crippen molar-refractivity contribution in [2.24, 2.45) is 0 Å². The number of phenols is 1. The van der Waals surface area contributed by atoms with E-state index in [1.807, 2.05) is 0 Å². The lowest BCUT2D eigenvalue weighted by molar-refractivity contribution is -0.115. The highest BCUT2D eigenvalue weighted by Crippen LogP contribution is 2.43. The first-order valence-corrected chi connectivity index (χ1v) is 8.78. The minimum absolute atomic E-state index is 0.0142. The van der Waals surface area contributed by atoms with Crippen molar-refractivity contribution in [3.63, 3.8) is 0 Å². The molecular weight excluding hydrogens is 349 g/mol. The summed E-state index contributed by atoms with van der Waals surface area (Å²) in [5.74, 6) is -1.78. The summed E-state index contributed by atoms with van der Waals surface area (Å²) in [7, 11) is 0. The van der Waals surface area contributed by atoms with E-state index in [0.29, 0.717) is 29.7 Å². The number of amides is 1. The highest BCUT2D eigenvalue weighted by atomic mass is 19.1. The normalized spacial score (nSPS) is 13.7. The first-order chi connectivity index (χ1) is 12.9. The lowest BCUT2D eigenvalue weighted by Gasteiger charge is -2.13. The maximum absolute atomic E-state index is 13.7. The van der Waals surface area contributed by atoms with E-state index in [9.17, 15) is 24.2 Å². The van der Waals surface area contributed by atoms with E-state index in [0.717, 1.165) is 17.6 Å². The van der Waals surface area contributed by atoms with Crippen LogP contribution in [0.1, 0.15) is 54.1 Å². The summed E-state index contributed by atoms with van der Waals surface area (Å²) in [6, 6.07) is 8.47. The highest BCUT2D eigenvalue weighted by molar-refractivity contribution is 5.99. The number of aromatic hydroxyl groups is 1. The Balaban J connectivity index is 2.14. The lowest BCUT2D eigenvalue weighted by atomic mass is 9.94. The van der Waals surface area contributed by atoms with Crippen molar-refractivity contribution >= 4 is 28.7 Å². The van der Waals surface area contributed by atoms with Gasteiger partial charge in [0, 0.05) is 17.7 Å². The topological polar surface area (TPSA) is 86.6 Å². The molecule has 3 rings (SSSR count). The van der Waals surface area contributed by atoms with Gasteiger partial charge in [0.2, 0.25) is 5.91 Å². The average molecular weight is 369 g/mol. The monoisotopic (exact) mass is 369 g/mol. The zero-order valence-electron chi connectivity index (χ0n) is 14.9. The molecule has 0 saturated carbocycles. The van der Waals surface area contributed by atoms with Crippen LogP contribution in [-0.2, 0) is 4.79 Å². The second-order valence-electron chi connectivity index (χ2n) is 6.48. The van der Waals surface area contributed by atoms with Crippen LogP contribution >= 0.6 is 0 Å². The number of nitrogens with one attached hydrogen (secondary N) is 1. The Bertz CT molecular complexity index is 949. The smallest absolute Gasteiger partial charge is 0.335 e. The lowest BCUT2D eigenvalue weighted by Crippen LogP contribution is -2.10. The van der Waals surface area contributed by atoms with Crippen LogP contribution in [0.3, 0.4) is 0 Å². The van der Waals surface area contributed by atoms with Crippen LogP contribution in [0.15, 0.2) is 36.4 Å². The number of carboxylic acid groups (broad SMARTS) is 1. The van der Waals surface area contributed by atoms with Crippen molar-refractivity contribution in [3.05, 3.63) is 58.9 Å². The van der Waals surface area contributed by atoms with Gasteiger partial charge in [-0.3, -0.25) is 4.79 Å². The van der Waals surface area contributed by atoms with E-state index in [4.69, 9.17) is 0 Å². The zero-order chi connectivity index (χ0) is 19.6. The third-order valence-electron chi connectivity index (χ3n) is 4.63. The van der Waals surface area contributed by atoms with Gasteiger partial charge in [-0.15, -0.1) is 0 Å². The fourth-order valence-corrected chi connectivity index (χ4v) is 3.36. The van der Waals surface area contributed by atoms with Gasteiger partial charge in [-0.05, 0) is 72.4 Å². The van der Waals surface area contributed by atoms with Gasteiger partial charge >= 0.3 is 5.97 Å². The van der Waals surface area contributed by atoms with Gasteiger partial charge in [0.15, 0.2) is 0 Å². The van der Waals surface area contributed by atoms with Gasteiger partial charge in [0.1, 0.15) is 11.6 Å². The molecule has 1 amide bonds. The molecule has 0 bridgehead atoms. The molecule has 2 aromatic carbocycles. The number of phenolic OH excluding ortho intramolecular Hbond substituents is 1. The molecule has 140 valence electrons. The van der Waals surface area contributed by atoms with E-state index < -0.39 is 11.8 Å². The highest BCUT2D eigenvalue weighted by Gasteiger charge is 2.22. The number of carbonyl (C=O) groups excluding carboxylic acids is 1. The van der Waals surface area contributed by atoms with Crippen LogP contribution in [-0.4, -0.2) is 22.1 Å². The quantitative estimate of drug-likeness (QED) is 0.715. The molecule has 3 N–H and O–H groups in total. The number of hydrogen-bond acceptors (Lipinski definition) is 3. The molecule has 0 unspecified atom stereocenters. The fourth-order valence-electron chi connectivity index (χ4n) is 3.36. The molecular formula is C21H20FNO4. The molecule has 5 nitrogen and oxygen atoms in total. The molecule has 1 aliphatic carbocycles. The Labute approximate surface area is 156 Å². The van der Waals surface area contributed by atoms with Gasteiger partial charge < -0.3 is 15.5 Å². The van der Waals surface area contributed by atoms with Crippen LogP contribution in [0, 0.1) is 5.82 Å². The van der Waals surface area contributed by atoms with Gasteiger partial charge in [0.25, 0.3) is 0 Å². The Morgan fingerprint density at radius 3 is 2.56 bits per heavy atom. The van der Waals surface area contributed by atoms with E-state index >= 15 is 0 Å². The summed E-state index contributed by atoms with van der Waals surface area (Å²) in [6.45, 7) is 1.71. The predicted octanol–water partition coefficient (Wildman–Crippen LogP) is 4.67. The standard InChI is InChI=1S/C21H20FNO4/c1-2-20(25)23-15-9-12(8-13(10-15)21(26)27)16-4-3-5-17(16)18-11-14(22)6-7-19(18)24/h6-11,24H,2-5H2,1H3,(H,23,25)(H,26,27). The van der Waals surface area contributed by atoms with Gasteiger partial charge in [-0.25, -0.2) is 9.18 Å². The number of rotatable bonds is 5. The van der Waals surface area contributed by atoms with Crippen molar-refractivity contribution < 1.29 is 24.2 Å². The van der Waals surface area contributed by atoms with E-state index in [1.54, 1.807) is 19.1 Å². The van der Waals surface area contributed by atoms with Crippen LogP contribution in [0.2, 0.25) is 0 Å². The second-order valence-corrected chi connectivity index (χ2v) is 6.48. The molecule has 0 heterocycles. The van der Waals surface area contributed by atoms with Gasteiger partial charge in [0.05, 0.1) is 5.56 Å². The van der Waals surface area contributed by atoms with Crippen molar-refractivity contribution in [1.82, 2.24) is 0 Å². The molecule has 0 atom stereocenters. The van der Waals surface area contributed by atoms with Crippen molar-refractivity contribution in [3.8, 4) is 5.75 Å². The van der Waals surface area contributed by atoms with Crippen molar-refractivity contribution in [1.29, 1.82) is 0 Å². The fraction of sp³-hybridized carbons (Fsp3) is 0.238. The Hall–Kier alpha value is -3.15. The summed E-state index contributed by atoms with van der Waals surface area (Å²) in [5, 5.41) is 22.3. The van der Waals surface area contributed by atoms with Crippen LogP contribution in [0.4, 0.5) is 10.1 Å². The average Bonchev–Trinajstić information content (AvgIpc) is 3.12. The Morgan fingerprint density at radius 2 is 1.85 bits per heavy atom. The van der Waals surface area contributed by atoms with Crippen molar-refractivity contribution in [2.75, 3.05) is 5.32 Å². The number of carbonyl (C=O) groups is 2. The maximum atomic E-state index is 13.7. The summed E-state index contributed by atoms with van der Waals surface area (Å²) in [6.07, 6.45) is 2.42. The SMILES string of the molecule is CCC(=O)Nc1cc(C(=O)O)cc(C2=C(c3cc(F)ccc3O)CCC2)c1. The Kier molecular flexibility index (Phi) is 5.26. The molecule has 0 spiro atoms. The van der Waals surface area contributed by atoms with E-state index in [2.05, 4.69) is 5.32 Å². The van der Waals surface area contributed by atoms with Crippen molar-refractivity contribution in [2.45, 2.75) is 32.6 Å².